The van der Waals surface area contributed by atoms with E-state index in [0.717, 1.165) is 9.87 Å². The Morgan fingerprint density at radius 2 is 1.90 bits per heavy atom. The van der Waals surface area contributed by atoms with Crippen molar-refractivity contribution in [3.63, 3.8) is 0 Å². The summed E-state index contributed by atoms with van der Waals surface area (Å²) in [5.74, 6) is 0.289. The molecule has 0 aromatic heterocycles. The first-order valence-corrected chi connectivity index (χ1v) is 15.5. The molecule has 42 heavy (non-hydrogen) atoms. The number of nitrogens with zero attached hydrogens (tertiary/aromatic N) is 1. The van der Waals surface area contributed by atoms with Crippen molar-refractivity contribution in [3.05, 3.63) is 60.2 Å². The third-order valence-electron chi connectivity index (χ3n) is 7.91. The molecule has 3 N–H and O–H groups in total. The van der Waals surface area contributed by atoms with Gasteiger partial charge in [0, 0.05) is 25.6 Å². The van der Waals surface area contributed by atoms with Crippen molar-refractivity contribution in [2.45, 2.75) is 61.2 Å². The number of benzene rings is 2. The van der Waals surface area contributed by atoms with E-state index in [-0.39, 0.29) is 49.1 Å². The van der Waals surface area contributed by atoms with Crippen molar-refractivity contribution in [2.24, 2.45) is 5.92 Å². The van der Waals surface area contributed by atoms with Crippen LogP contribution in [0.1, 0.15) is 24.8 Å². The summed E-state index contributed by atoms with van der Waals surface area (Å²) in [6.45, 7) is 0.382. The Hall–Kier alpha value is -3.23. The maximum Gasteiger partial charge on any atom is 0.407 e. The number of carbonyl (C=O) groups is 2. The highest BCUT2D eigenvalue weighted by atomic mass is 32.2. The number of aliphatic hydroxyl groups is 1. The molecule has 3 fully saturated rings. The summed E-state index contributed by atoms with van der Waals surface area (Å²) in [6, 6.07) is 13.9. The number of rotatable bonds is 12. The van der Waals surface area contributed by atoms with Gasteiger partial charge in [-0.3, -0.25) is 4.79 Å². The topological polar surface area (TPSA) is 153 Å². The zero-order chi connectivity index (χ0) is 29.7. The summed E-state index contributed by atoms with van der Waals surface area (Å²) in [5.41, 5.74) is 0.836. The lowest BCUT2D eigenvalue weighted by molar-refractivity contribution is -0.119. The highest BCUT2D eigenvalue weighted by Crippen LogP contribution is 2.33. The van der Waals surface area contributed by atoms with Crippen LogP contribution in [0.25, 0.3) is 0 Å². The van der Waals surface area contributed by atoms with Gasteiger partial charge in [-0.05, 0) is 49.1 Å². The van der Waals surface area contributed by atoms with Crippen LogP contribution in [0.2, 0.25) is 0 Å². The lowest BCUT2D eigenvalue weighted by Gasteiger charge is -2.31. The smallest absolute Gasteiger partial charge is 0.407 e. The normalized spacial score (nSPS) is 25.1. The average molecular weight is 604 g/mol. The van der Waals surface area contributed by atoms with Gasteiger partial charge in [0.25, 0.3) is 0 Å². The molecule has 2 amide bonds. The van der Waals surface area contributed by atoms with Gasteiger partial charge in [0.1, 0.15) is 11.9 Å². The van der Waals surface area contributed by atoms with E-state index in [0.29, 0.717) is 31.6 Å². The summed E-state index contributed by atoms with van der Waals surface area (Å²) < 4.78 is 50.7. The molecule has 0 spiro atoms. The highest BCUT2D eigenvalue weighted by molar-refractivity contribution is 7.89. The fourth-order valence-electron chi connectivity index (χ4n) is 5.59. The standard InChI is InChI=1S/C29H37N3O9S/c1-38-21-8-10-22(11-9-21)42(36,37)32(16-20-7-12-27(34)30-20)17-25(33)24(15-19-5-3-2-4-6-19)31-29(35)41-26-18-40-28-23(26)13-14-39-28/h2-6,8-11,20,23-26,28,33H,7,12-18H2,1H3,(H,30,34)(H,31,35)/t20-,23-,24-,25+,26-,28+/m0/s1. The van der Waals surface area contributed by atoms with E-state index >= 15 is 0 Å². The van der Waals surface area contributed by atoms with Crippen LogP contribution in [0, 0.1) is 5.92 Å². The van der Waals surface area contributed by atoms with Crippen LogP contribution in [0.5, 0.6) is 5.75 Å². The number of hydrogen-bond acceptors (Lipinski definition) is 9. The van der Waals surface area contributed by atoms with Crippen molar-refractivity contribution in [1.29, 1.82) is 0 Å². The molecule has 0 aliphatic carbocycles. The minimum atomic E-state index is -4.10. The van der Waals surface area contributed by atoms with Crippen LogP contribution < -0.4 is 15.4 Å². The van der Waals surface area contributed by atoms with Crippen molar-refractivity contribution < 1.29 is 42.1 Å². The highest BCUT2D eigenvalue weighted by Gasteiger charge is 2.44. The van der Waals surface area contributed by atoms with Gasteiger partial charge in [0.2, 0.25) is 15.9 Å². The summed E-state index contributed by atoms with van der Waals surface area (Å²) in [6.07, 6.45) is -1.21. The number of methoxy groups -OCH3 is 1. The first-order chi connectivity index (χ1) is 20.2. The molecule has 3 aliphatic heterocycles. The number of fused-ring (bicyclic) bond motifs is 1. The van der Waals surface area contributed by atoms with Gasteiger partial charge in [0.15, 0.2) is 6.29 Å². The zero-order valence-electron chi connectivity index (χ0n) is 23.4. The Bertz CT molecular complexity index is 1330. The van der Waals surface area contributed by atoms with Crippen molar-refractivity contribution in [1.82, 2.24) is 14.9 Å². The lowest BCUT2D eigenvalue weighted by Crippen LogP contribution is -2.53. The molecular formula is C29H37N3O9S. The van der Waals surface area contributed by atoms with Crippen LogP contribution in [0.4, 0.5) is 4.79 Å². The van der Waals surface area contributed by atoms with Gasteiger partial charge in [-0.25, -0.2) is 13.2 Å². The molecule has 6 atom stereocenters. The van der Waals surface area contributed by atoms with Crippen LogP contribution in [0.3, 0.4) is 0 Å². The van der Waals surface area contributed by atoms with Crippen LogP contribution in [-0.4, -0.2) is 93.8 Å². The second kappa shape index (κ2) is 13.4. The van der Waals surface area contributed by atoms with Crippen molar-refractivity contribution >= 4 is 22.0 Å². The Balaban J connectivity index is 1.34. The molecule has 12 nitrogen and oxygen atoms in total. The minimum absolute atomic E-state index is 0.0152. The number of aliphatic hydroxyl groups excluding tert-OH is 1. The van der Waals surface area contributed by atoms with E-state index in [1.165, 1.54) is 19.2 Å². The van der Waals surface area contributed by atoms with E-state index < -0.39 is 40.4 Å². The lowest BCUT2D eigenvalue weighted by atomic mass is 10.0. The Labute approximate surface area is 245 Å². The fraction of sp³-hybridized carbons (Fsp3) is 0.517. The summed E-state index contributed by atoms with van der Waals surface area (Å²) >= 11 is 0. The van der Waals surface area contributed by atoms with Crippen molar-refractivity contribution in [2.75, 3.05) is 33.4 Å². The fourth-order valence-corrected chi connectivity index (χ4v) is 7.09. The van der Waals surface area contributed by atoms with E-state index in [9.17, 15) is 23.1 Å². The molecule has 228 valence electrons. The molecule has 0 saturated carbocycles. The monoisotopic (exact) mass is 603 g/mol. The first kappa shape index (κ1) is 30.2. The van der Waals surface area contributed by atoms with E-state index in [1.807, 2.05) is 30.3 Å². The summed E-state index contributed by atoms with van der Waals surface area (Å²) in [7, 11) is -2.61. The predicted octanol–water partition coefficient (Wildman–Crippen LogP) is 1.42. The molecule has 3 heterocycles. The number of nitrogens with one attached hydrogen (secondary N) is 2. The van der Waals surface area contributed by atoms with Gasteiger partial charge in [-0.2, -0.15) is 4.31 Å². The second-order valence-electron chi connectivity index (χ2n) is 10.8. The molecule has 3 saturated heterocycles. The number of hydrogen-bond donors (Lipinski definition) is 3. The van der Waals surface area contributed by atoms with E-state index in [4.69, 9.17) is 18.9 Å². The van der Waals surface area contributed by atoms with Crippen LogP contribution >= 0.6 is 0 Å². The number of amides is 2. The SMILES string of the molecule is COc1ccc(S(=O)(=O)N(C[C@@H]2CCC(=O)N2)C[C@@H](O)[C@H](Cc2ccccc2)NC(=O)O[C@H]2CO[C@H]3OCC[C@H]32)cc1. The van der Waals surface area contributed by atoms with Gasteiger partial charge in [-0.1, -0.05) is 30.3 Å². The van der Waals surface area contributed by atoms with Crippen molar-refractivity contribution in [3.8, 4) is 5.75 Å². The van der Waals surface area contributed by atoms with Crippen LogP contribution in [-0.2, 0) is 35.4 Å². The third kappa shape index (κ3) is 7.21. The Morgan fingerprint density at radius 1 is 1.14 bits per heavy atom. The quantitative estimate of drug-likeness (QED) is 0.327. The van der Waals surface area contributed by atoms with Gasteiger partial charge < -0.3 is 34.7 Å². The molecule has 0 unspecified atom stereocenters. The minimum Gasteiger partial charge on any atom is -0.497 e. The molecule has 3 aliphatic rings. The number of carbonyl (C=O) groups excluding carboxylic acids is 2. The number of ether oxygens (including phenoxy) is 4. The Kier molecular flexibility index (Phi) is 9.63. The largest absolute Gasteiger partial charge is 0.497 e. The molecule has 5 rings (SSSR count). The predicted molar refractivity (Wildman–Crippen MR) is 150 cm³/mol. The second-order valence-corrected chi connectivity index (χ2v) is 12.7. The van der Waals surface area contributed by atoms with Gasteiger partial charge in [0.05, 0.1) is 43.3 Å². The number of alkyl carbamates (subject to hydrolysis) is 1. The molecule has 0 radical (unpaired) electrons. The summed E-state index contributed by atoms with van der Waals surface area (Å²) in [5, 5.41) is 17.1. The van der Waals surface area contributed by atoms with E-state index in [2.05, 4.69) is 10.6 Å². The average Bonchev–Trinajstić information content (AvgIpc) is 3.72. The maximum absolute atomic E-state index is 13.8. The molecule has 0 bridgehead atoms. The van der Waals surface area contributed by atoms with E-state index in [1.54, 1.807) is 12.1 Å². The first-order valence-electron chi connectivity index (χ1n) is 14.1. The van der Waals surface area contributed by atoms with Crippen LogP contribution in [0.15, 0.2) is 59.5 Å². The molecular weight excluding hydrogens is 566 g/mol. The van der Waals surface area contributed by atoms with Gasteiger partial charge >= 0.3 is 6.09 Å². The number of sulfonamides is 1. The summed E-state index contributed by atoms with van der Waals surface area (Å²) in [4.78, 5) is 24.9. The third-order valence-corrected chi connectivity index (χ3v) is 9.75. The zero-order valence-corrected chi connectivity index (χ0v) is 24.2. The molecule has 2 aromatic rings. The Morgan fingerprint density at radius 3 is 2.60 bits per heavy atom. The molecule has 13 heteroatoms. The van der Waals surface area contributed by atoms with Gasteiger partial charge in [-0.15, -0.1) is 0 Å². The maximum atomic E-state index is 13.8. The molecule has 2 aromatic carbocycles.